The number of halogens is 5. The van der Waals surface area contributed by atoms with Crippen molar-refractivity contribution in [2.24, 2.45) is 17.8 Å². The first-order valence-electron chi connectivity index (χ1n) is 9.33. The van der Waals surface area contributed by atoms with Crippen LogP contribution >= 0.6 is 23.2 Å². The zero-order valence-corrected chi connectivity index (χ0v) is 17.9. The number of amides is 1. The van der Waals surface area contributed by atoms with Crippen LogP contribution in [-0.2, 0) is 16.0 Å². The van der Waals surface area contributed by atoms with E-state index in [4.69, 9.17) is 28.3 Å². The topological polar surface area (TPSA) is 66.4 Å². The summed E-state index contributed by atoms with van der Waals surface area (Å²) in [5.41, 5.74) is 1.36. The summed E-state index contributed by atoms with van der Waals surface area (Å²) in [4.78, 5) is 23.9. The summed E-state index contributed by atoms with van der Waals surface area (Å²) in [7, 11) is 0. The van der Waals surface area contributed by atoms with Gasteiger partial charge in [0.25, 0.3) is 0 Å². The number of aryl methyl sites for hydroxylation is 1. The van der Waals surface area contributed by atoms with Crippen LogP contribution in [-0.4, -0.2) is 23.2 Å². The average Bonchev–Trinajstić information content (AvgIpc) is 2.65. The van der Waals surface area contributed by atoms with Crippen LogP contribution < -0.4 is 5.32 Å². The molecule has 0 heterocycles. The van der Waals surface area contributed by atoms with E-state index in [1.165, 1.54) is 18.2 Å². The summed E-state index contributed by atoms with van der Waals surface area (Å²) < 4.78 is 40.5. The summed E-state index contributed by atoms with van der Waals surface area (Å²) in [5.74, 6) is -5.75. The quantitative estimate of drug-likeness (QED) is 0.511. The number of nitrogens with one attached hydrogen (secondary N) is 1. The average molecular weight is 464 g/mol. The van der Waals surface area contributed by atoms with Crippen LogP contribution in [0.2, 0.25) is 5.02 Å². The third-order valence-corrected chi connectivity index (χ3v) is 5.88. The Bertz CT molecular complexity index is 881. The monoisotopic (exact) mass is 463 g/mol. The Morgan fingerprint density at radius 1 is 1.30 bits per heavy atom. The van der Waals surface area contributed by atoms with Crippen molar-refractivity contribution in [3.05, 3.63) is 51.5 Å². The maximum absolute atomic E-state index is 13.5. The molecule has 0 aliphatic heterocycles. The Kier molecular flexibility index (Phi) is 7.99. The highest BCUT2D eigenvalue weighted by atomic mass is 35.5. The highest BCUT2D eigenvalue weighted by molar-refractivity contribution is 6.34. The number of carboxylic acid groups (broad SMARTS) is 1. The van der Waals surface area contributed by atoms with E-state index in [0.717, 1.165) is 6.92 Å². The smallest absolute Gasteiger partial charge is 0.392 e. The standard InChI is InChI=1S/C21H22Cl2F3NO3/c1-11-13(6-10-17(28)29)5-9-16(23)19(11)27-20(30)18(12(2)21(24,25)26)14-3-7-15(22)8-4-14/h3,5,7-9,12,14,18H,4,6,10H2,1-2H3,(H,27,30)(H,28,29)/t12-,14?,18+/m1/s1. The van der Waals surface area contributed by atoms with Crippen LogP contribution in [0.15, 0.2) is 35.4 Å². The van der Waals surface area contributed by atoms with E-state index in [1.807, 2.05) is 0 Å². The van der Waals surface area contributed by atoms with Gasteiger partial charge in [-0.1, -0.05) is 48.3 Å². The third-order valence-electron chi connectivity index (χ3n) is 5.29. The number of anilines is 1. The third kappa shape index (κ3) is 6.01. The van der Waals surface area contributed by atoms with Crippen molar-refractivity contribution in [3.8, 4) is 0 Å². The maximum atomic E-state index is 13.5. The van der Waals surface area contributed by atoms with E-state index in [9.17, 15) is 22.8 Å². The zero-order valence-electron chi connectivity index (χ0n) is 16.4. The van der Waals surface area contributed by atoms with E-state index in [1.54, 1.807) is 19.1 Å². The van der Waals surface area contributed by atoms with Gasteiger partial charge < -0.3 is 10.4 Å². The molecule has 0 fully saturated rings. The van der Waals surface area contributed by atoms with Crippen molar-refractivity contribution in [2.75, 3.05) is 5.32 Å². The molecule has 1 aliphatic rings. The molecule has 1 amide bonds. The summed E-state index contributed by atoms with van der Waals surface area (Å²) >= 11 is 12.1. The van der Waals surface area contributed by atoms with E-state index in [0.29, 0.717) is 16.2 Å². The number of carbonyl (C=O) groups is 2. The van der Waals surface area contributed by atoms with Crippen LogP contribution in [0.3, 0.4) is 0 Å². The van der Waals surface area contributed by atoms with Gasteiger partial charge >= 0.3 is 12.1 Å². The number of carboxylic acids is 1. The lowest BCUT2D eigenvalue weighted by atomic mass is 9.78. The van der Waals surface area contributed by atoms with Gasteiger partial charge in [0, 0.05) is 11.5 Å². The number of hydrogen-bond acceptors (Lipinski definition) is 2. The van der Waals surface area contributed by atoms with Gasteiger partial charge in [-0.3, -0.25) is 9.59 Å². The molecule has 1 unspecified atom stereocenters. The number of benzene rings is 1. The van der Waals surface area contributed by atoms with Crippen molar-refractivity contribution >= 4 is 40.8 Å². The molecule has 9 heteroatoms. The van der Waals surface area contributed by atoms with Gasteiger partial charge in [0.15, 0.2) is 0 Å². The molecule has 0 saturated carbocycles. The van der Waals surface area contributed by atoms with Crippen LogP contribution in [0.1, 0.15) is 30.9 Å². The molecule has 0 bridgehead atoms. The Hall–Kier alpha value is -1.99. The first kappa shape index (κ1) is 24.3. The minimum Gasteiger partial charge on any atom is -0.481 e. The van der Waals surface area contributed by atoms with E-state index < -0.39 is 35.8 Å². The summed E-state index contributed by atoms with van der Waals surface area (Å²) in [6.07, 6.45) is 0.320. The van der Waals surface area contributed by atoms with Gasteiger partial charge in [-0.15, -0.1) is 0 Å². The fourth-order valence-corrected chi connectivity index (χ4v) is 3.88. The van der Waals surface area contributed by atoms with Crippen LogP contribution in [0.5, 0.6) is 0 Å². The largest absolute Gasteiger partial charge is 0.481 e. The fraction of sp³-hybridized carbons (Fsp3) is 0.429. The van der Waals surface area contributed by atoms with E-state index >= 15 is 0 Å². The minimum absolute atomic E-state index is 0.121. The molecule has 0 spiro atoms. The summed E-state index contributed by atoms with van der Waals surface area (Å²) in [5, 5.41) is 12.0. The normalized spacial score (nSPS) is 18.5. The number of hydrogen-bond donors (Lipinski definition) is 2. The number of aliphatic carboxylic acids is 1. The predicted octanol–water partition coefficient (Wildman–Crippen LogP) is 6.12. The molecule has 0 radical (unpaired) electrons. The SMILES string of the molecule is Cc1c(CCC(=O)O)ccc(Cl)c1NC(=O)[C@H](C1C=CC(Cl)=CC1)[C@@H](C)C(F)(F)F. The molecule has 1 aliphatic carbocycles. The van der Waals surface area contributed by atoms with Gasteiger partial charge in [-0.25, -0.2) is 0 Å². The lowest BCUT2D eigenvalue weighted by Crippen LogP contribution is -2.40. The number of carbonyl (C=O) groups excluding carboxylic acids is 1. The number of rotatable bonds is 7. The summed E-state index contributed by atoms with van der Waals surface area (Å²) in [6.45, 7) is 2.62. The Morgan fingerprint density at radius 2 is 1.97 bits per heavy atom. The Labute approximate surface area is 182 Å². The van der Waals surface area contributed by atoms with Crippen molar-refractivity contribution in [1.82, 2.24) is 0 Å². The van der Waals surface area contributed by atoms with E-state index in [2.05, 4.69) is 5.32 Å². The second-order valence-corrected chi connectivity index (χ2v) is 8.14. The van der Waals surface area contributed by atoms with Gasteiger partial charge in [0.1, 0.15) is 0 Å². The van der Waals surface area contributed by atoms with Crippen molar-refractivity contribution in [3.63, 3.8) is 0 Å². The Balaban J connectivity index is 2.34. The fourth-order valence-electron chi connectivity index (χ4n) is 3.47. The molecule has 1 aromatic rings. The lowest BCUT2D eigenvalue weighted by Gasteiger charge is -2.31. The second-order valence-electron chi connectivity index (χ2n) is 7.29. The van der Waals surface area contributed by atoms with Crippen LogP contribution in [0.25, 0.3) is 0 Å². The maximum Gasteiger partial charge on any atom is 0.392 e. The van der Waals surface area contributed by atoms with Crippen LogP contribution in [0, 0.1) is 24.7 Å². The predicted molar refractivity (Wildman–Crippen MR) is 111 cm³/mol. The lowest BCUT2D eigenvalue weighted by molar-refractivity contribution is -0.188. The van der Waals surface area contributed by atoms with Crippen LogP contribution in [0.4, 0.5) is 18.9 Å². The molecule has 1 aromatic carbocycles. The van der Waals surface area contributed by atoms with Gasteiger partial charge in [0.05, 0.1) is 22.5 Å². The van der Waals surface area contributed by atoms with Gasteiger partial charge in [-0.2, -0.15) is 13.2 Å². The van der Waals surface area contributed by atoms with Crippen molar-refractivity contribution in [1.29, 1.82) is 0 Å². The molecule has 0 aromatic heterocycles. The first-order valence-corrected chi connectivity index (χ1v) is 10.1. The Morgan fingerprint density at radius 3 is 2.50 bits per heavy atom. The molecular formula is C21H22Cl2F3NO3. The first-order chi connectivity index (χ1) is 13.9. The number of allylic oxidation sites excluding steroid dienone is 4. The molecule has 2 N–H and O–H groups in total. The number of alkyl halides is 3. The second kappa shape index (κ2) is 9.88. The molecule has 164 valence electrons. The van der Waals surface area contributed by atoms with Crippen molar-refractivity contribution in [2.45, 2.75) is 39.3 Å². The van der Waals surface area contributed by atoms with Gasteiger partial charge in [0.2, 0.25) is 5.91 Å². The van der Waals surface area contributed by atoms with E-state index in [-0.39, 0.29) is 30.0 Å². The molecule has 30 heavy (non-hydrogen) atoms. The molecular weight excluding hydrogens is 442 g/mol. The summed E-state index contributed by atoms with van der Waals surface area (Å²) in [6, 6.07) is 3.13. The molecule has 3 atom stereocenters. The molecule has 4 nitrogen and oxygen atoms in total. The molecule has 2 rings (SSSR count). The molecule has 0 saturated heterocycles. The zero-order chi connectivity index (χ0) is 22.6. The highest BCUT2D eigenvalue weighted by Gasteiger charge is 2.47. The van der Waals surface area contributed by atoms with Crippen molar-refractivity contribution < 1.29 is 27.9 Å². The highest BCUT2D eigenvalue weighted by Crippen LogP contribution is 2.40. The minimum atomic E-state index is -4.57. The van der Waals surface area contributed by atoms with Gasteiger partial charge in [-0.05, 0) is 49.0 Å².